The third-order valence-corrected chi connectivity index (χ3v) is 6.50. The molecule has 1 saturated heterocycles. The van der Waals surface area contributed by atoms with E-state index in [4.69, 9.17) is 4.74 Å². The van der Waals surface area contributed by atoms with Crippen LogP contribution in [-0.4, -0.2) is 25.5 Å². The van der Waals surface area contributed by atoms with Gasteiger partial charge in [0, 0.05) is 25.6 Å². The molecule has 0 N–H and O–H groups in total. The molecule has 0 unspecified atom stereocenters. The van der Waals surface area contributed by atoms with Crippen molar-refractivity contribution in [3.63, 3.8) is 0 Å². The van der Waals surface area contributed by atoms with Gasteiger partial charge in [-0.2, -0.15) is 0 Å². The molecule has 0 amide bonds. The summed E-state index contributed by atoms with van der Waals surface area (Å²) in [7, 11) is 0. The van der Waals surface area contributed by atoms with Crippen molar-refractivity contribution in [3.05, 3.63) is 24.0 Å². The first-order valence-corrected chi connectivity index (χ1v) is 9.82. The standard InChI is InChI=1S/C21H28FNO2/c22-19-4-3-18(25-17-1-2-17)15-20(19)23-12-10-21(11-13-23)8-5-16(6-9-21)7-14-24/h3-4,14-17H,1-2,5-13H2. The van der Waals surface area contributed by atoms with Gasteiger partial charge in [-0.15, -0.1) is 0 Å². The van der Waals surface area contributed by atoms with Gasteiger partial charge in [0.05, 0.1) is 11.8 Å². The molecule has 2 aliphatic carbocycles. The largest absolute Gasteiger partial charge is 0.490 e. The molecule has 3 fully saturated rings. The Kier molecular flexibility index (Phi) is 4.70. The lowest BCUT2D eigenvalue weighted by Gasteiger charge is -2.46. The molecule has 3 nitrogen and oxygen atoms in total. The number of hydrogen-bond donors (Lipinski definition) is 0. The van der Waals surface area contributed by atoms with Gasteiger partial charge in [0.1, 0.15) is 17.9 Å². The molecule has 2 saturated carbocycles. The van der Waals surface area contributed by atoms with E-state index in [2.05, 4.69) is 4.90 Å². The van der Waals surface area contributed by atoms with Crippen LogP contribution in [0.5, 0.6) is 5.75 Å². The third-order valence-electron chi connectivity index (χ3n) is 6.50. The van der Waals surface area contributed by atoms with E-state index in [9.17, 15) is 9.18 Å². The van der Waals surface area contributed by atoms with E-state index in [1.165, 1.54) is 25.7 Å². The Bertz CT molecular complexity index is 610. The molecule has 4 heteroatoms. The van der Waals surface area contributed by atoms with E-state index in [1.807, 2.05) is 6.07 Å². The van der Waals surface area contributed by atoms with Crippen molar-refractivity contribution in [2.24, 2.45) is 11.3 Å². The lowest BCUT2D eigenvalue weighted by molar-refractivity contribution is -0.109. The van der Waals surface area contributed by atoms with Crippen LogP contribution in [-0.2, 0) is 4.79 Å². The number of ether oxygens (including phenoxy) is 1. The summed E-state index contributed by atoms with van der Waals surface area (Å²) in [6.07, 6.45) is 11.4. The average Bonchev–Trinajstić information content (AvgIpc) is 3.44. The fourth-order valence-corrected chi connectivity index (χ4v) is 4.57. The number of anilines is 1. The number of rotatable bonds is 5. The predicted molar refractivity (Wildman–Crippen MR) is 96.6 cm³/mol. The number of carbonyl (C=O) groups is 1. The number of hydrogen-bond acceptors (Lipinski definition) is 3. The topological polar surface area (TPSA) is 29.5 Å². The summed E-state index contributed by atoms with van der Waals surface area (Å²) in [5, 5.41) is 0. The lowest BCUT2D eigenvalue weighted by atomic mass is 9.65. The smallest absolute Gasteiger partial charge is 0.146 e. The van der Waals surface area contributed by atoms with Gasteiger partial charge in [-0.1, -0.05) is 0 Å². The minimum atomic E-state index is -0.145. The van der Waals surface area contributed by atoms with E-state index in [0.29, 0.717) is 23.1 Å². The van der Waals surface area contributed by atoms with Crippen LogP contribution in [0.1, 0.15) is 57.8 Å². The summed E-state index contributed by atoms with van der Waals surface area (Å²) >= 11 is 0. The highest BCUT2D eigenvalue weighted by atomic mass is 19.1. The highest BCUT2D eigenvalue weighted by Gasteiger charge is 2.38. The van der Waals surface area contributed by atoms with Crippen LogP contribution in [0.3, 0.4) is 0 Å². The highest BCUT2D eigenvalue weighted by Crippen LogP contribution is 2.47. The molecule has 3 aliphatic rings. The zero-order valence-electron chi connectivity index (χ0n) is 14.9. The number of carbonyl (C=O) groups excluding carboxylic acids is 1. The van der Waals surface area contributed by atoms with Gasteiger partial charge in [-0.3, -0.25) is 0 Å². The van der Waals surface area contributed by atoms with Crippen molar-refractivity contribution in [1.29, 1.82) is 0 Å². The third kappa shape index (κ3) is 3.83. The van der Waals surface area contributed by atoms with Gasteiger partial charge in [-0.05, 0) is 74.8 Å². The van der Waals surface area contributed by atoms with Crippen LogP contribution in [0, 0.1) is 17.2 Å². The highest BCUT2D eigenvalue weighted by molar-refractivity contribution is 5.52. The maximum Gasteiger partial charge on any atom is 0.146 e. The Balaban J connectivity index is 1.38. The second-order valence-corrected chi connectivity index (χ2v) is 8.26. The van der Waals surface area contributed by atoms with Gasteiger partial charge in [0.2, 0.25) is 0 Å². The summed E-state index contributed by atoms with van der Waals surface area (Å²) in [5.41, 5.74) is 1.12. The van der Waals surface area contributed by atoms with Crippen LogP contribution in [0.25, 0.3) is 0 Å². The number of benzene rings is 1. The molecule has 1 aliphatic heterocycles. The summed E-state index contributed by atoms with van der Waals surface area (Å²) in [6, 6.07) is 5.17. The Morgan fingerprint density at radius 3 is 2.48 bits per heavy atom. The van der Waals surface area contributed by atoms with E-state index in [-0.39, 0.29) is 5.82 Å². The average molecular weight is 345 g/mol. The van der Waals surface area contributed by atoms with E-state index < -0.39 is 0 Å². The van der Waals surface area contributed by atoms with Crippen LogP contribution in [0.2, 0.25) is 0 Å². The first-order valence-electron chi connectivity index (χ1n) is 9.82. The minimum Gasteiger partial charge on any atom is -0.490 e. The zero-order valence-corrected chi connectivity index (χ0v) is 14.9. The van der Waals surface area contributed by atoms with Gasteiger partial charge in [-0.25, -0.2) is 4.39 Å². The molecule has 1 spiro atoms. The minimum absolute atomic E-state index is 0.145. The van der Waals surface area contributed by atoms with Crippen LogP contribution >= 0.6 is 0 Å². The summed E-state index contributed by atoms with van der Waals surface area (Å²) in [5.74, 6) is 1.25. The number of nitrogens with zero attached hydrogens (tertiary/aromatic N) is 1. The molecular weight excluding hydrogens is 317 g/mol. The molecule has 0 aromatic heterocycles. The maximum absolute atomic E-state index is 14.3. The van der Waals surface area contributed by atoms with Crippen molar-refractivity contribution in [3.8, 4) is 5.75 Å². The molecule has 0 radical (unpaired) electrons. The number of halogens is 1. The molecule has 25 heavy (non-hydrogen) atoms. The van der Waals surface area contributed by atoms with Crippen molar-refractivity contribution >= 4 is 12.0 Å². The number of aldehydes is 1. The van der Waals surface area contributed by atoms with Crippen molar-refractivity contribution in [2.75, 3.05) is 18.0 Å². The Hall–Kier alpha value is -1.58. The molecule has 1 aromatic rings. The summed E-state index contributed by atoms with van der Waals surface area (Å²) in [6.45, 7) is 1.84. The van der Waals surface area contributed by atoms with Gasteiger partial charge < -0.3 is 14.4 Å². The van der Waals surface area contributed by atoms with Crippen molar-refractivity contribution in [1.82, 2.24) is 0 Å². The molecule has 4 rings (SSSR count). The first kappa shape index (κ1) is 16.9. The first-order chi connectivity index (χ1) is 12.2. The monoisotopic (exact) mass is 345 g/mol. The van der Waals surface area contributed by atoms with Crippen LogP contribution in [0.15, 0.2) is 18.2 Å². The normalized spacial score (nSPS) is 23.6. The quantitative estimate of drug-likeness (QED) is 0.722. The molecule has 136 valence electrons. The van der Waals surface area contributed by atoms with Crippen LogP contribution in [0.4, 0.5) is 10.1 Å². The maximum atomic E-state index is 14.3. The molecule has 0 atom stereocenters. The Morgan fingerprint density at radius 1 is 1.12 bits per heavy atom. The van der Waals surface area contributed by atoms with Crippen LogP contribution < -0.4 is 9.64 Å². The van der Waals surface area contributed by atoms with E-state index >= 15 is 0 Å². The van der Waals surface area contributed by atoms with Crippen molar-refractivity contribution in [2.45, 2.75) is 63.9 Å². The van der Waals surface area contributed by atoms with Crippen molar-refractivity contribution < 1.29 is 13.9 Å². The SMILES string of the molecule is O=CCC1CCC2(CC1)CCN(c1cc(OC3CC3)ccc1F)CC2. The molecular formula is C21H28FNO2. The molecule has 1 heterocycles. The lowest BCUT2D eigenvalue weighted by Crippen LogP contribution is -2.42. The van der Waals surface area contributed by atoms with Gasteiger partial charge in [0.25, 0.3) is 0 Å². The van der Waals surface area contributed by atoms with E-state index in [1.54, 1.807) is 12.1 Å². The van der Waals surface area contributed by atoms with Gasteiger partial charge >= 0.3 is 0 Å². The fraction of sp³-hybridized carbons (Fsp3) is 0.667. The fourth-order valence-electron chi connectivity index (χ4n) is 4.57. The second-order valence-electron chi connectivity index (χ2n) is 8.26. The second kappa shape index (κ2) is 6.97. The van der Waals surface area contributed by atoms with Gasteiger partial charge in [0.15, 0.2) is 0 Å². The van der Waals surface area contributed by atoms with E-state index in [0.717, 1.165) is 57.2 Å². The molecule has 1 aromatic carbocycles. The number of piperidine rings is 1. The summed E-state index contributed by atoms with van der Waals surface area (Å²) in [4.78, 5) is 12.9. The Morgan fingerprint density at radius 2 is 1.84 bits per heavy atom. The zero-order chi connectivity index (χ0) is 17.3. The predicted octanol–water partition coefficient (Wildman–Crippen LogP) is 4.73. The molecule has 0 bridgehead atoms. The Labute approximate surface area is 149 Å². The summed E-state index contributed by atoms with van der Waals surface area (Å²) < 4.78 is 20.2.